The summed E-state index contributed by atoms with van der Waals surface area (Å²) in [5.41, 5.74) is 0.570. The van der Waals surface area contributed by atoms with Crippen LogP contribution in [-0.2, 0) is 9.53 Å². The summed E-state index contributed by atoms with van der Waals surface area (Å²) in [5.74, 6) is 2.23. The van der Waals surface area contributed by atoms with Crippen LogP contribution in [0.4, 0.5) is 0 Å². The highest BCUT2D eigenvalue weighted by molar-refractivity contribution is 7.99. The highest BCUT2D eigenvalue weighted by atomic mass is 32.2. The third-order valence-electron chi connectivity index (χ3n) is 1.68. The molecule has 2 nitrogen and oxygen atoms in total. The summed E-state index contributed by atoms with van der Waals surface area (Å²) < 4.78 is 4.83. The van der Waals surface area contributed by atoms with E-state index < -0.39 is 0 Å². The van der Waals surface area contributed by atoms with Crippen molar-refractivity contribution in [2.24, 2.45) is 5.92 Å². The van der Waals surface area contributed by atoms with Gasteiger partial charge in [-0.05, 0) is 25.0 Å². The molecule has 0 aromatic heterocycles. The van der Waals surface area contributed by atoms with Crippen LogP contribution in [0.25, 0.3) is 0 Å². The Morgan fingerprint density at radius 2 is 2.14 bits per heavy atom. The Morgan fingerprint density at radius 3 is 2.64 bits per heavy atom. The van der Waals surface area contributed by atoms with Gasteiger partial charge >= 0.3 is 5.97 Å². The minimum Gasteiger partial charge on any atom is -0.463 e. The molecule has 0 atom stereocenters. The quantitative estimate of drug-likeness (QED) is 0.372. The Bertz CT molecular complexity index is 188. The summed E-state index contributed by atoms with van der Waals surface area (Å²) in [6.45, 7) is 10.3. The number of rotatable bonds is 7. The fourth-order valence-electron chi connectivity index (χ4n) is 0.806. The lowest BCUT2D eigenvalue weighted by Gasteiger charge is -2.06. The first-order valence-electron chi connectivity index (χ1n) is 5.00. The number of esters is 1. The average molecular weight is 216 g/mol. The molecule has 0 spiro atoms. The van der Waals surface area contributed by atoms with E-state index >= 15 is 0 Å². The van der Waals surface area contributed by atoms with Gasteiger partial charge in [0.15, 0.2) is 0 Å². The van der Waals surface area contributed by atoms with E-state index in [-0.39, 0.29) is 5.97 Å². The average Bonchev–Trinajstić information content (AvgIpc) is 2.12. The van der Waals surface area contributed by atoms with Crippen molar-refractivity contribution < 1.29 is 9.53 Å². The summed E-state index contributed by atoms with van der Waals surface area (Å²) in [4.78, 5) is 11.1. The zero-order valence-electron chi connectivity index (χ0n) is 9.34. The second-order valence-corrected chi connectivity index (χ2v) is 4.66. The maximum atomic E-state index is 11.1. The Kier molecular flexibility index (Phi) is 7.67. The van der Waals surface area contributed by atoms with Crippen LogP contribution in [0.1, 0.15) is 27.2 Å². The Hall–Kier alpha value is -0.440. The fourth-order valence-corrected chi connectivity index (χ4v) is 1.95. The van der Waals surface area contributed by atoms with Crippen molar-refractivity contribution in [2.45, 2.75) is 27.2 Å². The van der Waals surface area contributed by atoms with Crippen LogP contribution >= 0.6 is 11.8 Å². The van der Waals surface area contributed by atoms with Crippen molar-refractivity contribution in [1.82, 2.24) is 0 Å². The van der Waals surface area contributed by atoms with Gasteiger partial charge in [-0.1, -0.05) is 20.4 Å². The van der Waals surface area contributed by atoms with E-state index in [2.05, 4.69) is 20.4 Å². The lowest BCUT2D eigenvalue weighted by Crippen LogP contribution is -2.08. The highest BCUT2D eigenvalue weighted by Gasteiger charge is 2.07. The third kappa shape index (κ3) is 7.01. The molecule has 0 aliphatic carbocycles. The number of hydrogen-bond donors (Lipinski definition) is 0. The van der Waals surface area contributed by atoms with E-state index in [1.54, 1.807) is 18.7 Å². The molecular formula is C11H20O2S. The maximum absolute atomic E-state index is 11.1. The summed E-state index contributed by atoms with van der Waals surface area (Å²) in [6, 6.07) is 0. The molecule has 0 heterocycles. The normalized spacial score (nSPS) is 10.3. The van der Waals surface area contributed by atoms with Gasteiger partial charge in [0.2, 0.25) is 0 Å². The second kappa shape index (κ2) is 7.92. The summed E-state index contributed by atoms with van der Waals surface area (Å²) >= 11 is 1.74. The van der Waals surface area contributed by atoms with E-state index in [0.29, 0.717) is 17.9 Å². The third-order valence-corrected chi connectivity index (χ3v) is 2.76. The molecule has 0 rings (SSSR count). The second-order valence-electron chi connectivity index (χ2n) is 3.56. The molecule has 0 aliphatic heterocycles. The molecule has 0 aromatic rings. The first kappa shape index (κ1) is 13.6. The van der Waals surface area contributed by atoms with Gasteiger partial charge in [-0.2, -0.15) is 11.8 Å². The smallest absolute Gasteiger partial charge is 0.334 e. The van der Waals surface area contributed by atoms with Crippen molar-refractivity contribution in [3.63, 3.8) is 0 Å². The van der Waals surface area contributed by atoms with Crippen LogP contribution in [-0.4, -0.2) is 24.1 Å². The Labute approximate surface area is 91.1 Å². The van der Waals surface area contributed by atoms with Crippen LogP contribution in [0.2, 0.25) is 0 Å². The lowest BCUT2D eigenvalue weighted by molar-refractivity contribution is -0.138. The van der Waals surface area contributed by atoms with Gasteiger partial charge in [-0.25, -0.2) is 4.79 Å². The van der Waals surface area contributed by atoms with E-state index in [1.807, 2.05) is 0 Å². The predicted molar refractivity (Wildman–Crippen MR) is 62.6 cm³/mol. The van der Waals surface area contributed by atoms with Crippen molar-refractivity contribution in [1.29, 1.82) is 0 Å². The lowest BCUT2D eigenvalue weighted by atomic mass is 10.2. The number of ether oxygens (including phenoxy) is 1. The van der Waals surface area contributed by atoms with Crippen molar-refractivity contribution >= 4 is 17.7 Å². The zero-order chi connectivity index (χ0) is 11.0. The van der Waals surface area contributed by atoms with Crippen LogP contribution in [0.15, 0.2) is 12.2 Å². The minimum atomic E-state index is -0.260. The predicted octanol–water partition coefficient (Wildman–Crippen LogP) is 2.89. The topological polar surface area (TPSA) is 26.3 Å². The first-order chi connectivity index (χ1) is 6.57. The van der Waals surface area contributed by atoms with Gasteiger partial charge < -0.3 is 4.74 Å². The van der Waals surface area contributed by atoms with Crippen molar-refractivity contribution in [3.8, 4) is 0 Å². The molecule has 0 saturated heterocycles. The molecule has 0 fully saturated rings. The number of hydrogen-bond acceptors (Lipinski definition) is 3. The minimum absolute atomic E-state index is 0.260. The molecule has 0 radical (unpaired) electrons. The molecule has 0 unspecified atom stereocenters. The van der Waals surface area contributed by atoms with E-state index in [4.69, 9.17) is 4.74 Å². The summed E-state index contributed by atoms with van der Waals surface area (Å²) in [5, 5.41) is 0. The van der Waals surface area contributed by atoms with Gasteiger partial charge in [-0.3, -0.25) is 0 Å². The van der Waals surface area contributed by atoms with Crippen molar-refractivity contribution in [2.75, 3.05) is 18.1 Å². The van der Waals surface area contributed by atoms with E-state index in [0.717, 1.165) is 11.7 Å². The SMILES string of the molecule is C=C(CSCCC(C)C)C(=O)OCC. The maximum Gasteiger partial charge on any atom is 0.334 e. The molecule has 0 aromatic carbocycles. The zero-order valence-corrected chi connectivity index (χ0v) is 10.2. The first-order valence-corrected chi connectivity index (χ1v) is 6.16. The Morgan fingerprint density at radius 1 is 1.50 bits per heavy atom. The summed E-state index contributed by atoms with van der Waals surface area (Å²) in [7, 11) is 0. The standard InChI is InChI=1S/C11H20O2S/c1-5-13-11(12)10(4)8-14-7-6-9(2)3/h9H,4-8H2,1-3H3. The molecule has 0 saturated carbocycles. The summed E-state index contributed by atoms with van der Waals surface area (Å²) in [6.07, 6.45) is 1.18. The largest absolute Gasteiger partial charge is 0.463 e. The molecule has 0 N–H and O–H groups in total. The number of thioether (sulfide) groups is 1. The fraction of sp³-hybridized carbons (Fsp3) is 0.727. The molecule has 82 valence electrons. The number of carbonyl (C=O) groups excluding carboxylic acids is 1. The van der Waals surface area contributed by atoms with E-state index in [1.165, 1.54) is 6.42 Å². The monoisotopic (exact) mass is 216 g/mol. The molecular weight excluding hydrogens is 196 g/mol. The molecule has 0 aliphatic rings. The molecule has 14 heavy (non-hydrogen) atoms. The van der Waals surface area contributed by atoms with Crippen LogP contribution < -0.4 is 0 Å². The molecule has 0 amide bonds. The van der Waals surface area contributed by atoms with Gasteiger partial charge in [-0.15, -0.1) is 0 Å². The van der Waals surface area contributed by atoms with Gasteiger partial charge in [0, 0.05) is 11.3 Å². The number of carbonyl (C=O) groups is 1. The van der Waals surface area contributed by atoms with Crippen LogP contribution in [0.3, 0.4) is 0 Å². The van der Waals surface area contributed by atoms with Crippen LogP contribution in [0.5, 0.6) is 0 Å². The van der Waals surface area contributed by atoms with Crippen molar-refractivity contribution in [3.05, 3.63) is 12.2 Å². The molecule has 0 bridgehead atoms. The van der Waals surface area contributed by atoms with Gasteiger partial charge in [0.25, 0.3) is 0 Å². The van der Waals surface area contributed by atoms with E-state index in [9.17, 15) is 4.79 Å². The Balaban J connectivity index is 3.49. The van der Waals surface area contributed by atoms with Gasteiger partial charge in [0.05, 0.1) is 6.61 Å². The highest BCUT2D eigenvalue weighted by Crippen LogP contribution is 2.12. The van der Waals surface area contributed by atoms with Crippen LogP contribution in [0, 0.1) is 5.92 Å². The molecule has 3 heteroatoms. The van der Waals surface area contributed by atoms with Gasteiger partial charge in [0.1, 0.15) is 0 Å².